The van der Waals surface area contributed by atoms with Crippen LogP contribution >= 0.6 is 0 Å². The van der Waals surface area contributed by atoms with Gasteiger partial charge >= 0.3 is 5.97 Å². The lowest BCUT2D eigenvalue weighted by molar-refractivity contribution is -0.144. The first kappa shape index (κ1) is 15.2. The summed E-state index contributed by atoms with van der Waals surface area (Å²) in [6, 6.07) is 7.03. The summed E-state index contributed by atoms with van der Waals surface area (Å²) in [5, 5.41) is 0. The normalized spacial score (nSPS) is 11.7. The molecule has 0 N–H and O–H groups in total. The van der Waals surface area contributed by atoms with Crippen LogP contribution in [0.25, 0.3) is 0 Å². The van der Waals surface area contributed by atoms with Gasteiger partial charge < -0.3 is 9.47 Å². The standard InChI is InChI=1S/C15H20O4/c1-4-8-19-13-7-5-6-12(10-13)14(16)9-11(2)15(17)18-3/h5-7,10-11H,4,8-9H2,1-3H3. The fraction of sp³-hybridized carbons (Fsp3) is 0.467. The van der Waals surface area contributed by atoms with E-state index in [2.05, 4.69) is 4.74 Å². The third kappa shape index (κ3) is 4.73. The van der Waals surface area contributed by atoms with Crippen LogP contribution in [0.1, 0.15) is 37.0 Å². The number of carbonyl (C=O) groups excluding carboxylic acids is 2. The summed E-state index contributed by atoms with van der Waals surface area (Å²) >= 11 is 0. The van der Waals surface area contributed by atoms with Gasteiger partial charge in [-0.2, -0.15) is 0 Å². The number of rotatable bonds is 7. The highest BCUT2D eigenvalue weighted by Gasteiger charge is 2.18. The zero-order valence-corrected chi connectivity index (χ0v) is 11.6. The number of benzene rings is 1. The Morgan fingerprint density at radius 3 is 2.68 bits per heavy atom. The fourth-order valence-corrected chi connectivity index (χ4v) is 1.66. The molecular weight excluding hydrogens is 244 g/mol. The Hall–Kier alpha value is -1.84. The molecule has 1 unspecified atom stereocenters. The fourth-order valence-electron chi connectivity index (χ4n) is 1.66. The molecule has 1 rings (SSSR count). The molecule has 0 spiro atoms. The van der Waals surface area contributed by atoms with Crippen molar-refractivity contribution in [3.8, 4) is 5.75 Å². The maximum atomic E-state index is 12.0. The van der Waals surface area contributed by atoms with Gasteiger partial charge in [0.2, 0.25) is 0 Å². The predicted octanol–water partition coefficient (Wildman–Crippen LogP) is 2.86. The smallest absolute Gasteiger partial charge is 0.308 e. The van der Waals surface area contributed by atoms with E-state index in [-0.39, 0.29) is 18.2 Å². The van der Waals surface area contributed by atoms with Gasteiger partial charge in [-0.25, -0.2) is 0 Å². The summed E-state index contributed by atoms with van der Waals surface area (Å²) in [7, 11) is 1.32. The lowest BCUT2D eigenvalue weighted by Gasteiger charge is -2.09. The Labute approximate surface area is 113 Å². The van der Waals surface area contributed by atoms with Crippen molar-refractivity contribution < 1.29 is 19.1 Å². The molecule has 104 valence electrons. The third-order valence-corrected chi connectivity index (χ3v) is 2.72. The number of hydrogen-bond acceptors (Lipinski definition) is 4. The van der Waals surface area contributed by atoms with Crippen LogP contribution < -0.4 is 4.74 Å². The van der Waals surface area contributed by atoms with E-state index in [0.29, 0.717) is 17.9 Å². The van der Waals surface area contributed by atoms with Crippen molar-refractivity contribution in [1.29, 1.82) is 0 Å². The average Bonchev–Trinajstić information content (AvgIpc) is 2.44. The van der Waals surface area contributed by atoms with E-state index in [1.165, 1.54) is 7.11 Å². The van der Waals surface area contributed by atoms with E-state index < -0.39 is 5.92 Å². The SMILES string of the molecule is CCCOc1cccc(C(=O)CC(C)C(=O)OC)c1. The number of esters is 1. The summed E-state index contributed by atoms with van der Waals surface area (Å²) in [4.78, 5) is 23.3. The molecule has 19 heavy (non-hydrogen) atoms. The maximum absolute atomic E-state index is 12.0. The summed E-state index contributed by atoms with van der Waals surface area (Å²) in [6.45, 7) is 4.32. The maximum Gasteiger partial charge on any atom is 0.308 e. The van der Waals surface area contributed by atoms with Gasteiger partial charge in [-0.3, -0.25) is 9.59 Å². The van der Waals surface area contributed by atoms with E-state index in [0.717, 1.165) is 6.42 Å². The first-order chi connectivity index (χ1) is 9.08. The number of hydrogen-bond donors (Lipinski definition) is 0. The van der Waals surface area contributed by atoms with Crippen LogP contribution in [0, 0.1) is 5.92 Å². The monoisotopic (exact) mass is 264 g/mol. The molecule has 0 saturated carbocycles. The van der Waals surface area contributed by atoms with E-state index in [4.69, 9.17) is 4.74 Å². The van der Waals surface area contributed by atoms with E-state index in [1.54, 1.807) is 25.1 Å². The molecule has 0 fully saturated rings. The van der Waals surface area contributed by atoms with Gasteiger partial charge in [0.1, 0.15) is 5.75 Å². The summed E-state index contributed by atoms with van der Waals surface area (Å²) in [5.74, 6) is -0.206. The van der Waals surface area contributed by atoms with Crippen molar-refractivity contribution in [1.82, 2.24) is 0 Å². The topological polar surface area (TPSA) is 52.6 Å². The lowest BCUT2D eigenvalue weighted by Crippen LogP contribution is -2.16. The van der Waals surface area contributed by atoms with Crippen molar-refractivity contribution in [3.63, 3.8) is 0 Å². The lowest BCUT2D eigenvalue weighted by atomic mass is 10.00. The van der Waals surface area contributed by atoms with Crippen LogP contribution in [-0.4, -0.2) is 25.5 Å². The molecule has 0 aromatic heterocycles. The van der Waals surface area contributed by atoms with Crippen LogP contribution in [0.2, 0.25) is 0 Å². The van der Waals surface area contributed by atoms with Crippen LogP contribution in [0.15, 0.2) is 24.3 Å². The molecule has 0 aliphatic carbocycles. The average molecular weight is 264 g/mol. The molecule has 0 saturated heterocycles. The molecule has 1 aromatic carbocycles. The number of carbonyl (C=O) groups is 2. The molecule has 1 aromatic rings. The number of methoxy groups -OCH3 is 1. The van der Waals surface area contributed by atoms with Crippen molar-refractivity contribution in [2.24, 2.45) is 5.92 Å². The highest BCUT2D eigenvalue weighted by molar-refractivity contribution is 5.98. The van der Waals surface area contributed by atoms with Crippen molar-refractivity contribution in [2.75, 3.05) is 13.7 Å². The minimum Gasteiger partial charge on any atom is -0.494 e. The predicted molar refractivity (Wildman–Crippen MR) is 72.4 cm³/mol. The van der Waals surface area contributed by atoms with Gasteiger partial charge in [-0.15, -0.1) is 0 Å². The van der Waals surface area contributed by atoms with Crippen molar-refractivity contribution in [3.05, 3.63) is 29.8 Å². The molecule has 0 bridgehead atoms. The van der Waals surface area contributed by atoms with E-state index >= 15 is 0 Å². The van der Waals surface area contributed by atoms with Crippen LogP contribution in [0.4, 0.5) is 0 Å². The summed E-state index contributed by atoms with van der Waals surface area (Å²) < 4.78 is 10.1. The minimum atomic E-state index is -0.433. The highest BCUT2D eigenvalue weighted by Crippen LogP contribution is 2.17. The van der Waals surface area contributed by atoms with Gasteiger partial charge in [0.15, 0.2) is 5.78 Å². The van der Waals surface area contributed by atoms with Gasteiger partial charge in [0.25, 0.3) is 0 Å². The number of ether oxygens (including phenoxy) is 2. The van der Waals surface area contributed by atoms with Gasteiger partial charge in [0.05, 0.1) is 19.6 Å². The van der Waals surface area contributed by atoms with E-state index in [1.807, 2.05) is 13.0 Å². The summed E-state index contributed by atoms with van der Waals surface area (Å²) in [5.41, 5.74) is 0.560. The molecule has 4 nitrogen and oxygen atoms in total. The number of ketones is 1. The molecule has 0 amide bonds. The second-order valence-corrected chi connectivity index (χ2v) is 4.43. The minimum absolute atomic E-state index is 0.0835. The van der Waals surface area contributed by atoms with Crippen LogP contribution in [0.5, 0.6) is 5.75 Å². The highest BCUT2D eigenvalue weighted by atomic mass is 16.5. The Balaban J connectivity index is 2.68. The van der Waals surface area contributed by atoms with Crippen LogP contribution in [0.3, 0.4) is 0 Å². The van der Waals surface area contributed by atoms with Gasteiger partial charge in [0, 0.05) is 12.0 Å². The molecule has 0 aliphatic rings. The quantitative estimate of drug-likeness (QED) is 0.561. The molecule has 0 radical (unpaired) electrons. The van der Waals surface area contributed by atoms with E-state index in [9.17, 15) is 9.59 Å². The largest absolute Gasteiger partial charge is 0.494 e. The third-order valence-electron chi connectivity index (χ3n) is 2.72. The molecule has 0 aliphatic heterocycles. The molecular formula is C15H20O4. The summed E-state index contributed by atoms with van der Waals surface area (Å²) in [6.07, 6.45) is 1.06. The Morgan fingerprint density at radius 1 is 1.32 bits per heavy atom. The first-order valence-electron chi connectivity index (χ1n) is 6.42. The Bertz CT molecular complexity index is 440. The second kappa shape index (κ2) is 7.56. The second-order valence-electron chi connectivity index (χ2n) is 4.43. The molecule has 1 atom stereocenters. The Kier molecular flexibility index (Phi) is 6.06. The zero-order chi connectivity index (χ0) is 14.3. The molecule has 0 heterocycles. The number of Topliss-reactive ketones (excluding diaryl/α,β-unsaturated/α-hetero) is 1. The van der Waals surface area contributed by atoms with Crippen molar-refractivity contribution in [2.45, 2.75) is 26.7 Å². The Morgan fingerprint density at radius 2 is 2.05 bits per heavy atom. The van der Waals surface area contributed by atoms with Gasteiger partial charge in [-0.1, -0.05) is 26.0 Å². The van der Waals surface area contributed by atoms with Gasteiger partial charge in [-0.05, 0) is 18.6 Å². The zero-order valence-electron chi connectivity index (χ0n) is 11.6. The first-order valence-corrected chi connectivity index (χ1v) is 6.42. The van der Waals surface area contributed by atoms with Crippen LogP contribution in [-0.2, 0) is 9.53 Å². The molecule has 4 heteroatoms. The van der Waals surface area contributed by atoms with Crippen molar-refractivity contribution >= 4 is 11.8 Å².